The molecule has 1 fully saturated rings. The van der Waals surface area contributed by atoms with Crippen molar-refractivity contribution in [2.75, 3.05) is 13.2 Å². The average Bonchev–Trinajstić information content (AvgIpc) is 2.46. The number of barbiturate groups is 1. The van der Waals surface area contributed by atoms with Crippen molar-refractivity contribution in [1.29, 1.82) is 0 Å². The molecule has 1 saturated heterocycles. The summed E-state index contributed by atoms with van der Waals surface area (Å²) in [6.45, 7) is 4.65. The van der Waals surface area contributed by atoms with E-state index in [4.69, 9.17) is 9.47 Å². The lowest BCUT2D eigenvalue weighted by atomic mass is 10.1. The summed E-state index contributed by atoms with van der Waals surface area (Å²) in [4.78, 5) is 34.4. The molecule has 7 nitrogen and oxygen atoms in total. The van der Waals surface area contributed by atoms with Gasteiger partial charge in [-0.2, -0.15) is 0 Å². The molecule has 0 unspecified atom stereocenters. The highest BCUT2D eigenvalue weighted by molar-refractivity contribution is 6.31. The van der Waals surface area contributed by atoms with Crippen molar-refractivity contribution >= 4 is 23.9 Å². The molecule has 4 amide bonds. The molecule has 1 aliphatic heterocycles. The topological polar surface area (TPSA) is 93.7 Å². The number of carbonyl (C=O) groups is 3. The second-order valence-electron chi connectivity index (χ2n) is 4.37. The minimum absolute atomic E-state index is 0.147. The molecular weight excluding hydrogens is 288 g/mol. The maximum absolute atomic E-state index is 11.7. The van der Waals surface area contributed by atoms with Crippen molar-refractivity contribution in [1.82, 2.24) is 10.6 Å². The zero-order valence-corrected chi connectivity index (χ0v) is 12.3. The first kappa shape index (κ1) is 15.6. The van der Waals surface area contributed by atoms with E-state index in [0.717, 1.165) is 0 Å². The van der Waals surface area contributed by atoms with Gasteiger partial charge in [-0.25, -0.2) is 4.79 Å². The third kappa shape index (κ3) is 3.43. The number of urea groups is 1. The van der Waals surface area contributed by atoms with E-state index in [2.05, 4.69) is 0 Å². The van der Waals surface area contributed by atoms with E-state index in [0.29, 0.717) is 30.3 Å². The fourth-order valence-electron chi connectivity index (χ4n) is 1.93. The second-order valence-corrected chi connectivity index (χ2v) is 4.37. The van der Waals surface area contributed by atoms with Crippen LogP contribution in [0.2, 0.25) is 0 Å². The minimum Gasteiger partial charge on any atom is -0.490 e. The highest BCUT2D eigenvalue weighted by Crippen LogP contribution is 2.29. The monoisotopic (exact) mass is 304 g/mol. The second kappa shape index (κ2) is 6.75. The van der Waals surface area contributed by atoms with Gasteiger partial charge >= 0.3 is 6.03 Å². The first-order valence-corrected chi connectivity index (χ1v) is 6.83. The predicted octanol–water partition coefficient (Wildman–Crippen LogP) is 1.23. The number of nitrogens with one attached hydrogen (secondary N) is 2. The van der Waals surface area contributed by atoms with Gasteiger partial charge in [-0.05, 0) is 37.6 Å². The Labute approximate surface area is 127 Å². The Morgan fingerprint density at radius 3 is 2.14 bits per heavy atom. The fraction of sp³-hybridized carbons (Fsp3) is 0.267. The van der Waals surface area contributed by atoms with E-state index in [1.165, 1.54) is 6.08 Å². The Kier molecular flexibility index (Phi) is 4.77. The van der Waals surface area contributed by atoms with Gasteiger partial charge in [0.05, 0.1) is 13.2 Å². The Bertz CT molecular complexity index is 629. The predicted molar refractivity (Wildman–Crippen MR) is 78.4 cm³/mol. The lowest BCUT2D eigenvalue weighted by Gasteiger charge is -2.15. The summed E-state index contributed by atoms with van der Waals surface area (Å²) in [6, 6.07) is 4.23. The molecule has 2 rings (SSSR count). The van der Waals surface area contributed by atoms with Crippen LogP contribution in [-0.2, 0) is 9.59 Å². The van der Waals surface area contributed by atoms with Crippen LogP contribution in [0.4, 0.5) is 4.79 Å². The van der Waals surface area contributed by atoms with Crippen molar-refractivity contribution in [3.63, 3.8) is 0 Å². The first-order valence-electron chi connectivity index (χ1n) is 6.83. The third-order valence-electron chi connectivity index (χ3n) is 2.82. The molecule has 0 saturated carbocycles. The molecule has 0 bridgehead atoms. The number of hydrogen-bond donors (Lipinski definition) is 2. The van der Waals surface area contributed by atoms with Gasteiger partial charge in [0, 0.05) is 0 Å². The zero-order chi connectivity index (χ0) is 16.1. The van der Waals surface area contributed by atoms with Crippen molar-refractivity contribution in [2.45, 2.75) is 13.8 Å². The molecule has 0 spiro atoms. The molecule has 116 valence electrons. The first-order chi connectivity index (χ1) is 10.5. The van der Waals surface area contributed by atoms with E-state index in [1.807, 2.05) is 24.5 Å². The number of ether oxygens (including phenoxy) is 2. The maximum atomic E-state index is 11.7. The van der Waals surface area contributed by atoms with Gasteiger partial charge in [0.1, 0.15) is 5.57 Å². The molecule has 0 radical (unpaired) electrons. The zero-order valence-electron chi connectivity index (χ0n) is 12.3. The molecule has 0 atom stereocenters. The number of hydrogen-bond acceptors (Lipinski definition) is 5. The number of imide groups is 2. The van der Waals surface area contributed by atoms with Gasteiger partial charge in [-0.15, -0.1) is 0 Å². The van der Waals surface area contributed by atoms with Crippen LogP contribution in [0.5, 0.6) is 11.5 Å². The highest BCUT2D eigenvalue weighted by atomic mass is 16.5. The summed E-state index contributed by atoms with van der Waals surface area (Å²) < 4.78 is 10.9. The van der Waals surface area contributed by atoms with Crippen LogP contribution in [0, 0.1) is 0 Å². The van der Waals surface area contributed by atoms with Crippen molar-refractivity contribution in [3.8, 4) is 11.5 Å². The summed E-state index contributed by atoms with van der Waals surface area (Å²) in [5.41, 5.74) is 0.438. The van der Waals surface area contributed by atoms with E-state index >= 15 is 0 Å². The molecule has 0 aliphatic carbocycles. The number of amides is 4. The number of carbonyl (C=O) groups excluding carboxylic acids is 3. The van der Waals surface area contributed by atoms with E-state index in [-0.39, 0.29) is 5.57 Å². The summed E-state index contributed by atoms with van der Waals surface area (Å²) in [7, 11) is 0. The Morgan fingerprint density at radius 1 is 0.955 bits per heavy atom. The lowest BCUT2D eigenvalue weighted by molar-refractivity contribution is -0.123. The highest BCUT2D eigenvalue weighted by Gasteiger charge is 2.27. The van der Waals surface area contributed by atoms with Gasteiger partial charge in [0.15, 0.2) is 11.5 Å². The molecule has 22 heavy (non-hydrogen) atoms. The molecule has 0 aromatic heterocycles. The van der Waals surface area contributed by atoms with Crippen LogP contribution in [0.1, 0.15) is 19.4 Å². The van der Waals surface area contributed by atoms with E-state index in [1.54, 1.807) is 18.2 Å². The standard InChI is InChI=1S/C15H16N2O5/c1-3-21-11-6-5-9(8-12(11)22-4-2)7-10-13(18)16-15(20)17-14(10)19/h5-8H,3-4H2,1-2H3,(H2,16,17,18,19,20). The quantitative estimate of drug-likeness (QED) is 0.630. The van der Waals surface area contributed by atoms with Crippen LogP contribution in [0.25, 0.3) is 6.08 Å². The molecule has 1 aromatic rings. The van der Waals surface area contributed by atoms with Crippen molar-refractivity contribution in [3.05, 3.63) is 29.3 Å². The Morgan fingerprint density at radius 2 is 1.55 bits per heavy atom. The summed E-state index contributed by atoms with van der Waals surface area (Å²) >= 11 is 0. The van der Waals surface area contributed by atoms with Crippen molar-refractivity contribution in [2.24, 2.45) is 0 Å². The summed E-state index contributed by atoms with van der Waals surface area (Å²) in [5.74, 6) is -0.369. The van der Waals surface area contributed by atoms with Crippen LogP contribution in [0.15, 0.2) is 23.8 Å². The molecule has 1 heterocycles. The van der Waals surface area contributed by atoms with Crippen LogP contribution in [-0.4, -0.2) is 31.1 Å². The van der Waals surface area contributed by atoms with Crippen LogP contribution < -0.4 is 20.1 Å². The summed E-state index contributed by atoms with van der Waals surface area (Å²) in [5, 5.41) is 4.03. The Balaban J connectivity index is 2.34. The molecule has 1 aliphatic rings. The SMILES string of the molecule is CCOc1ccc(C=C2C(=O)NC(=O)NC2=O)cc1OCC. The van der Waals surface area contributed by atoms with E-state index < -0.39 is 17.8 Å². The minimum atomic E-state index is -0.825. The number of rotatable bonds is 5. The molecular formula is C15H16N2O5. The molecule has 2 N–H and O–H groups in total. The summed E-state index contributed by atoms with van der Waals surface area (Å²) in [6.07, 6.45) is 1.38. The van der Waals surface area contributed by atoms with Gasteiger partial charge in [-0.3, -0.25) is 20.2 Å². The lowest BCUT2D eigenvalue weighted by Crippen LogP contribution is -2.51. The van der Waals surface area contributed by atoms with Crippen LogP contribution in [0.3, 0.4) is 0 Å². The normalized spacial score (nSPS) is 14.3. The average molecular weight is 304 g/mol. The largest absolute Gasteiger partial charge is 0.490 e. The fourth-order valence-corrected chi connectivity index (χ4v) is 1.93. The third-order valence-corrected chi connectivity index (χ3v) is 2.82. The van der Waals surface area contributed by atoms with E-state index in [9.17, 15) is 14.4 Å². The van der Waals surface area contributed by atoms with Crippen LogP contribution >= 0.6 is 0 Å². The smallest absolute Gasteiger partial charge is 0.328 e. The maximum Gasteiger partial charge on any atom is 0.328 e. The van der Waals surface area contributed by atoms with Gasteiger partial charge in [0.2, 0.25) is 0 Å². The molecule has 1 aromatic carbocycles. The molecule has 7 heteroatoms. The number of benzene rings is 1. The van der Waals surface area contributed by atoms with Gasteiger partial charge in [-0.1, -0.05) is 6.07 Å². The van der Waals surface area contributed by atoms with Gasteiger partial charge in [0.25, 0.3) is 11.8 Å². The Hall–Kier alpha value is -2.83. The van der Waals surface area contributed by atoms with Crippen molar-refractivity contribution < 1.29 is 23.9 Å². The van der Waals surface area contributed by atoms with Gasteiger partial charge < -0.3 is 9.47 Å².